The molecule has 0 fully saturated rings. The van der Waals surface area contributed by atoms with Gasteiger partial charge in [-0.15, -0.1) is 5.10 Å². The zero-order valence-electron chi connectivity index (χ0n) is 7.34. The average molecular weight is 193 g/mol. The topological polar surface area (TPSA) is 81.2 Å². The van der Waals surface area contributed by atoms with Gasteiger partial charge in [0.15, 0.2) is 5.69 Å². The molecule has 14 heavy (non-hydrogen) atoms. The zero-order chi connectivity index (χ0) is 10.1. The molecule has 2 aromatic rings. The summed E-state index contributed by atoms with van der Waals surface area (Å²) in [6, 6.07) is 1.66. The Hall–Kier alpha value is -2.11. The summed E-state index contributed by atoms with van der Waals surface area (Å²) in [5.74, 6) is -1.10. The molecule has 0 aliphatic carbocycles. The minimum Gasteiger partial charge on any atom is -0.476 e. The third-order valence-corrected chi connectivity index (χ3v) is 1.82. The van der Waals surface area contributed by atoms with Crippen LogP contribution in [0.1, 0.15) is 10.5 Å². The number of rotatable bonds is 2. The molecule has 6 heteroatoms. The van der Waals surface area contributed by atoms with E-state index >= 15 is 0 Å². The van der Waals surface area contributed by atoms with Crippen molar-refractivity contribution in [2.45, 2.75) is 0 Å². The second-order valence-electron chi connectivity index (χ2n) is 2.73. The molecule has 0 saturated carbocycles. The van der Waals surface area contributed by atoms with Gasteiger partial charge in [-0.05, 0) is 6.07 Å². The van der Waals surface area contributed by atoms with E-state index in [4.69, 9.17) is 9.52 Å². The van der Waals surface area contributed by atoms with Gasteiger partial charge < -0.3 is 9.52 Å². The number of hydrogen-bond acceptors (Lipinski definition) is 4. The maximum Gasteiger partial charge on any atom is 0.358 e. The molecular formula is C8H7N3O3. The van der Waals surface area contributed by atoms with E-state index in [9.17, 15) is 4.79 Å². The summed E-state index contributed by atoms with van der Waals surface area (Å²) in [5.41, 5.74) is 1.01. The Kier molecular flexibility index (Phi) is 1.81. The van der Waals surface area contributed by atoms with Crippen LogP contribution in [-0.4, -0.2) is 26.1 Å². The van der Waals surface area contributed by atoms with Crippen molar-refractivity contribution in [2.75, 3.05) is 0 Å². The highest BCUT2D eigenvalue weighted by Crippen LogP contribution is 2.21. The Morgan fingerprint density at radius 3 is 3.00 bits per heavy atom. The molecule has 0 unspecified atom stereocenters. The standard InChI is InChI=1S/C8H7N3O3/c1-11-7(5-2-3-14-4-5)6(8(12)13)9-10-11/h2-4H,1H3,(H,12,13). The van der Waals surface area contributed by atoms with Crippen molar-refractivity contribution in [3.05, 3.63) is 24.3 Å². The van der Waals surface area contributed by atoms with Crippen LogP contribution in [0.15, 0.2) is 23.0 Å². The van der Waals surface area contributed by atoms with Crippen molar-refractivity contribution in [1.29, 1.82) is 0 Å². The highest BCUT2D eigenvalue weighted by Gasteiger charge is 2.19. The first-order chi connectivity index (χ1) is 6.70. The highest BCUT2D eigenvalue weighted by molar-refractivity contribution is 5.92. The van der Waals surface area contributed by atoms with Crippen LogP contribution >= 0.6 is 0 Å². The van der Waals surface area contributed by atoms with Gasteiger partial charge >= 0.3 is 5.97 Å². The molecule has 0 aromatic carbocycles. The third-order valence-electron chi connectivity index (χ3n) is 1.82. The molecule has 0 aliphatic rings. The molecule has 0 spiro atoms. The number of carboxylic acids is 1. The van der Waals surface area contributed by atoms with Gasteiger partial charge in [-0.1, -0.05) is 5.21 Å². The van der Waals surface area contributed by atoms with Gasteiger partial charge in [0.05, 0.1) is 12.5 Å². The van der Waals surface area contributed by atoms with Crippen LogP contribution in [0.4, 0.5) is 0 Å². The first-order valence-electron chi connectivity index (χ1n) is 3.85. The van der Waals surface area contributed by atoms with E-state index < -0.39 is 5.97 Å². The molecule has 2 aromatic heterocycles. The smallest absolute Gasteiger partial charge is 0.358 e. The summed E-state index contributed by atoms with van der Waals surface area (Å²) >= 11 is 0. The van der Waals surface area contributed by atoms with Gasteiger partial charge in [-0.3, -0.25) is 0 Å². The maximum absolute atomic E-state index is 10.8. The predicted octanol–water partition coefficient (Wildman–Crippen LogP) is 0.773. The van der Waals surface area contributed by atoms with Crippen molar-refractivity contribution in [1.82, 2.24) is 15.0 Å². The van der Waals surface area contributed by atoms with Crippen molar-refractivity contribution >= 4 is 5.97 Å². The second-order valence-corrected chi connectivity index (χ2v) is 2.73. The van der Waals surface area contributed by atoms with Crippen LogP contribution in [0.5, 0.6) is 0 Å². The summed E-state index contributed by atoms with van der Waals surface area (Å²) in [6.45, 7) is 0. The summed E-state index contributed by atoms with van der Waals surface area (Å²) in [4.78, 5) is 10.8. The summed E-state index contributed by atoms with van der Waals surface area (Å²) in [5, 5.41) is 16.0. The Bertz CT molecular complexity index is 458. The Balaban J connectivity index is 2.62. The lowest BCUT2D eigenvalue weighted by atomic mass is 10.2. The number of hydrogen-bond donors (Lipinski definition) is 1. The van der Waals surface area contributed by atoms with E-state index in [1.54, 1.807) is 13.1 Å². The van der Waals surface area contributed by atoms with Crippen molar-refractivity contribution in [2.24, 2.45) is 7.05 Å². The average Bonchev–Trinajstić information content (AvgIpc) is 2.71. The van der Waals surface area contributed by atoms with Crippen LogP contribution < -0.4 is 0 Å². The Labute approximate surface area is 78.8 Å². The zero-order valence-corrected chi connectivity index (χ0v) is 7.34. The van der Waals surface area contributed by atoms with E-state index in [-0.39, 0.29) is 5.69 Å². The number of carboxylic acid groups (broad SMARTS) is 1. The van der Waals surface area contributed by atoms with Crippen molar-refractivity contribution in [3.63, 3.8) is 0 Å². The fraction of sp³-hybridized carbons (Fsp3) is 0.125. The second kappa shape index (κ2) is 2.99. The van der Waals surface area contributed by atoms with Crippen LogP contribution in [-0.2, 0) is 7.05 Å². The number of aromatic nitrogens is 3. The van der Waals surface area contributed by atoms with Crippen LogP contribution in [0, 0.1) is 0 Å². The van der Waals surface area contributed by atoms with Crippen LogP contribution in [0.3, 0.4) is 0 Å². The monoisotopic (exact) mass is 193 g/mol. The molecule has 0 aliphatic heterocycles. The normalized spacial score (nSPS) is 10.4. The molecule has 6 nitrogen and oxygen atoms in total. The van der Waals surface area contributed by atoms with E-state index in [1.165, 1.54) is 17.2 Å². The van der Waals surface area contributed by atoms with Crippen LogP contribution in [0.25, 0.3) is 11.3 Å². The molecule has 0 bridgehead atoms. The molecule has 72 valence electrons. The van der Waals surface area contributed by atoms with E-state index in [0.717, 1.165) is 0 Å². The molecule has 0 saturated heterocycles. The third kappa shape index (κ3) is 1.17. The quantitative estimate of drug-likeness (QED) is 0.761. The molecule has 0 atom stereocenters. The van der Waals surface area contributed by atoms with Gasteiger partial charge in [0.2, 0.25) is 0 Å². The molecule has 1 N–H and O–H groups in total. The molecular weight excluding hydrogens is 186 g/mol. The number of nitrogens with zero attached hydrogens (tertiary/aromatic N) is 3. The van der Waals surface area contributed by atoms with Gasteiger partial charge in [-0.2, -0.15) is 0 Å². The molecule has 0 radical (unpaired) electrons. The van der Waals surface area contributed by atoms with E-state index in [1.807, 2.05) is 0 Å². The minimum absolute atomic E-state index is 0.0751. The Morgan fingerprint density at radius 1 is 1.64 bits per heavy atom. The first kappa shape index (κ1) is 8.49. The van der Waals surface area contributed by atoms with Gasteiger partial charge in [0, 0.05) is 12.6 Å². The lowest BCUT2D eigenvalue weighted by Gasteiger charge is -1.96. The molecule has 2 heterocycles. The van der Waals surface area contributed by atoms with Gasteiger partial charge in [-0.25, -0.2) is 9.48 Å². The largest absolute Gasteiger partial charge is 0.476 e. The highest BCUT2D eigenvalue weighted by atomic mass is 16.4. The maximum atomic E-state index is 10.8. The predicted molar refractivity (Wildman–Crippen MR) is 45.7 cm³/mol. The lowest BCUT2D eigenvalue weighted by molar-refractivity contribution is 0.0691. The van der Waals surface area contributed by atoms with Crippen molar-refractivity contribution < 1.29 is 14.3 Å². The number of furan rings is 1. The Morgan fingerprint density at radius 2 is 2.43 bits per heavy atom. The van der Waals surface area contributed by atoms with E-state index in [0.29, 0.717) is 11.3 Å². The number of aromatic carboxylic acids is 1. The SMILES string of the molecule is Cn1nnc(C(=O)O)c1-c1ccoc1. The number of carbonyl (C=O) groups is 1. The van der Waals surface area contributed by atoms with E-state index in [2.05, 4.69) is 10.3 Å². The molecule has 0 amide bonds. The first-order valence-corrected chi connectivity index (χ1v) is 3.85. The fourth-order valence-corrected chi connectivity index (χ4v) is 1.22. The minimum atomic E-state index is -1.10. The van der Waals surface area contributed by atoms with Gasteiger partial charge in [0.1, 0.15) is 5.69 Å². The van der Waals surface area contributed by atoms with Gasteiger partial charge in [0.25, 0.3) is 0 Å². The van der Waals surface area contributed by atoms with Crippen molar-refractivity contribution in [3.8, 4) is 11.3 Å². The summed E-state index contributed by atoms with van der Waals surface area (Å²) in [6.07, 6.45) is 2.92. The van der Waals surface area contributed by atoms with Crippen LogP contribution in [0.2, 0.25) is 0 Å². The molecule has 2 rings (SSSR count). The summed E-state index contributed by atoms with van der Waals surface area (Å²) < 4.78 is 6.26. The lowest BCUT2D eigenvalue weighted by Crippen LogP contribution is -2.00. The fourth-order valence-electron chi connectivity index (χ4n) is 1.22. The summed E-state index contributed by atoms with van der Waals surface area (Å²) in [7, 11) is 1.63. The number of aryl methyl sites for hydroxylation is 1.